The van der Waals surface area contributed by atoms with Crippen molar-refractivity contribution in [1.82, 2.24) is 14.8 Å². The summed E-state index contributed by atoms with van der Waals surface area (Å²) in [4.78, 5) is 18.9. The average Bonchev–Trinajstić information content (AvgIpc) is 3.45. The van der Waals surface area contributed by atoms with Gasteiger partial charge < -0.3 is 20.1 Å². The molecule has 246 valence electrons. The first-order valence-electron chi connectivity index (χ1n) is 14.7. The van der Waals surface area contributed by atoms with Crippen molar-refractivity contribution in [2.24, 2.45) is 0 Å². The van der Waals surface area contributed by atoms with Gasteiger partial charge in [0.1, 0.15) is 12.6 Å². The van der Waals surface area contributed by atoms with Gasteiger partial charge in [0.25, 0.3) is 5.91 Å². The van der Waals surface area contributed by atoms with E-state index in [1.165, 1.54) is 11.8 Å². The number of halogens is 4. The Morgan fingerprint density at radius 2 is 1.81 bits per heavy atom. The van der Waals surface area contributed by atoms with Gasteiger partial charge in [-0.25, -0.2) is 4.68 Å². The molecule has 6 rings (SSSR count). The number of aromatic nitrogens is 3. The number of amides is 1. The third-order valence-electron chi connectivity index (χ3n) is 7.62. The molecule has 1 amide bonds. The Morgan fingerprint density at radius 1 is 1.00 bits per heavy atom. The van der Waals surface area contributed by atoms with E-state index >= 15 is 0 Å². The predicted molar refractivity (Wildman–Crippen MR) is 197 cm³/mol. The number of allylic oxidation sites excluding steroid dienone is 1. The number of nitrogens with zero attached hydrogens (tertiary/aromatic N) is 3. The molecule has 5 aromatic rings. The second kappa shape index (κ2) is 14.8. The van der Waals surface area contributed by atoms with Crippen molar-refractivity contribution < 1.29 is 14.3 Å². The molecule has 13 heteroatoms. The molecule has 2 heterocycles. The highest BCUT2D eigenvalue weighted by Crippen LogP contribution is 2.44. The average molecular weight is 786 g/mol. The molecule has 1 unspecified atom stereocenters. The Balaban J connectivity index is 1.38. The third-order valence-corrected chi connectivity index (χ3v) is 10.1. The van der Waals surface area contributed by atoms with Gasteiger partial charge in [0.15, 0.2) is 11.5 Å². The van der Waals surface area contributed by atoms with Crippen LogP contribution in [-0.4, -0.2) is 27.8 Å². The summed E-state index contributed by atoms with van der Waals surface area (Å²) < 4.78 is 14.4. The minimum Gasteiger partial charge on any atom is -0.493 e. The lowest BCUT2D eigenvalue weighted by Gasteiger charge is -2.29. The summed E-state index contributed by atoms with van der Waals surface area (Å²) in [5.74, 6) is 1.72. The van der Waals surface area contributed by atoms with Crippen LogP contribution in [0.25, 0.3) is 0 Å². The lowest BCUT2D eigenvalue weighted by molar-refractivity contribution is -0.113. The zero-order valence-electron chi connectivity index (χ0n) is 26.0. The molecule has 2 N–H and O–H groups in total. The summed E-state index contributed by atoms with van der Waals surface area (Å²) >= 11 is 24.0. The Hall–Kier alpha value is -3.67. The van der Waals surface area contributed by atoms with Gasteiger partial charge in [-0.15, -0.1) is 5.10 Å². The number of carbonyl (C=O) groups is 1. The van der Waals surface area contributed by atoms with Gasteiger partial charge in [0.2, 0.25) is 11.1 Å². The van der Waals surface area contributed by atoms with Gasteiger partial charge in [-0.3, -0.25) is 4.79 Å². The van der Waals surface area contributed by atoms with E-state index in [4.69, 9.17) is 54.4 Å². The molecule has 0 fully saturated rings. The summed E-state index contributed by atoms with van der Waals surface area (Å²) in [6, 6.07) is 23.6. The first kappa shape index (κ1) is 34.2. The van der Waals surface area contributed by atoms with Crippen LogP contribution in [-0.2, 0) is 17.2 Å². The first-order chi connectivity index (χ1) is 23.1. The van der Waals surface area contributed by atoms with Crippen molar-refractivity contribution in [2.75, 3.05) is 17.7 Å². The lowest BCUT2D eigenvalue weighted by Crippen LogP contribution is -2.31. The highest BCUT2D eigenvalue weighted by molar-refractivity contribution is 9.10. The maximum absolute atomic E-state index is 14.1. The molecule has 0 saturated heterocycles. The van der Waals surface area contributed by atoms with Crippen molar-refractivity contribution >= 4 is 80.0 Å². The van der Waals surface area contributed by atoms with E-state index < -0.39 is 6.04 Å². The van der Waals surface area contributed by atoms with Gasteiger partial charge in [-0.2, -0.15) is 4.98 Å². The van der Waals surface area contributed by atoms with Crippen LogP contribution in [0.2, 0.25) is 15.1 Å². The third kappa shape index (κ3) is 7.48. The molecule has 1 atom stereocenters. The minimum absolute atomic E-state index is 0.181. The minimum atomic E-state index is -0.668. The second-order valence-electron chi connectivity index (χ2n) is 11.0. The Labute approximate surface area is 305 Å². The number of carbonyl (C=O) groups excluding carboxylic acids is 1. The molecule has 0 saturated carbocycles. The number of aryl methyl sites for hydroxylation is 1. The highest BCUT2D eigenvalue weighted by atomic mass is 79.9. The normalized spacial score (nSPS) is 13.9. The van der Waals surface area contributed by atoms with Gasteiger partial charge in [-0.05, 0) is 88.9 Å². The van der Waals surface area contributed by atoms with Crippen LogP contribution in [0.4, 0.5) is 11.6 Å². The van der Waals surface area contributed by atoms with Crippen LogP contribution in [0.5, 0.6) is 11.5 Å². The maximum atomic E-state index is 14.1. The van der Waals surface area contributed by atoms with Crippen LogP contribution < -0.4 is 20.1 Å². The van der Waals surface area contributed by atoms with Crippen molar-refractivity contribution in [3.8, 4) is 11.5 Å². The molecule has 0 aliphatic carbocycles. The van der Waals surface area contributed by atoms with Crippen molar-refractivity contribution in [3.63, 3.8) is 0 Å². The largest absolute Gasteiger partial charge is 0.493 e. The quantitative estimate of drug-likeness (QED) is 0.136. The van der Waals surface area contributed by atoms with Crippen molar-refractivity contribution in [3.05, 3.63) is 132 Å². The number of benzene rings is 4. The summed E-state index contributed by atoms with van der Waals surface area (Å²) in [5, 5.41) is 13.5. The maximum Gasteiger partial charge on any atom is 0.255 e. The van der Waals surface area contributed by atoms with E-state index in [0.717, 1.165) is 22.3 Å². The molecule has 1 aliphatic heterocycles. The number of thioether (sulfide) groups is 1. The van der Waals surface area contributed by atoms with Crippen molar-refractivity contribution in [2.45, 2.75) is 37.4 Å². The summed E-state index contributed by atoms with van der Waals surface area (Å²) in [6.45, 7) is 4.01. The van der Waals surface area contributed by atoms with Crippen LogP contribution in [0.3, 0.4) is 0 Å². The molecule has 1 aromatic heterocycles. The Kier molecular flexibility index (Phi) is 10.6. The van der Waals surface area contributed by atoms with E-state index in [1.54, 1.807) is 23.9 Å². The number of rotatable bonds is 10. The molecule has 4 aromatic carbocycles. The molecule has 0 radical (unpaired) electrons. The van der Waals surface area contributed by atoms with E-state index in [9.17, 15) is 4.79 Å². The number of fused-ring (bicyclic) bond motifs is 1. The fourth-order valence-electron chi connectivity index (χ4n) is 5.30. The van der Waals surface area contributed by atoms with Gasteiger partial charge in [0, 0.05) is 37.8 Å². The van der Waals surface area contributed by atoms with E-state index in [1.807, 2.05) is 80.6 Å². The summed E-state index contributed by atoms with van der Waals surface area (Å²) in [6.07, 6.45) is 0. The van der Waals surface area contributed by atoms with E-state index in [2.05, 4.69) is 26.6 Å². The van der Waals surface area contributed by atoms with Crippen LogP contribution >= 0.6 is 62.5 Å². The Morgan fingerprint density at radius 3 is 2.56 bits per heavy atom. The molecular formula is C35H29BrCl3N5O3S. The number of methoxy groups -OCH3 is 1. The molecule has 48 heavy (non-hydrogen) atoms. The summed E-state index contributed by atoms with van der Waals surface area (Å²) in [5.41, 5.74) is 5.27. The first-order valence-corrected chi connectivity index (χ1v) is 17.6. The zero-order valence-corrected chi connectivity index (χ0v) is 30.7. The monoisotopic (exact) mass is 783 g/mol. The number of nitrogens with one attached hydrogen (secondary N) is 2. The molecule has 0 spiro atoms. The topological polar surface area (TPSA) is 90.3 Å². The number of hydrogen-bond acceptors (Lipinski definition) is 7. The fraction of sp³-hybridized carbons (Fsp3) is 0.171. The van der Waals surface area contributed by atoms with Crippen LogP contribution in [0.15, 0.2) is 99.8 Å². The van der Waals surface area contributed by atoms with E-state index in [0.29, 0.717) is 64.9 Å². The molecule has 8 nitrogen and oxygen atoms in total. The fourth-order valence-corrected chi connectivity index (χ4v) is 7.45. The molecular weight excluding hydrogens is 757 g/mol. The zero-order chi connectivity index (χ0) is 33.9. The van der Waals surface area contributed by atoms with Gasteiger partial charge >= 0.3 is 0 Å². The second-order valence-corrected chi connectivity index (χ2v) is 14.0. The van der Waals surface area contributed by atoms with Gasteiger partial charge in [0.05, 0.1) is 17.2 Å². The number of anilines is 2. The predicted octanol–water partition coefficient (Wildman–Crippen LogP) is 10.1. The van der Waals surface area contributed by atoms with E-state index in [-0.39, 0.29) is 12.5 Å². The standard InChI is InChI=1S/C35H29BrCl3N5O3S/c1-19-7-6-9-25(13-19)41-33(45)30-20(2)40-34-42-35(48-18-22-8-4-5-10-27(22)38)43-44(34)31(30)23-14-26(36)32(29(15-23)46-3)47-17-21-11-12-24(37)16-28(21)39/h4-16,31H,17-18H2,1-3H3,(H,41,45)(H,40,42,43). The number of hydrogen-bond donors (Lipinski definition) is 2. The van der Waals surface area contributed by atoms with Gasteiger partial charge in [-0.1, -0.05) is 83.0 Å². The smallest absolute Gasteiger partial charge is 0.255 e. The van der Waals surface area contributed by atoms with Crippen LogP contribution in [0, 0.1) is 6.92 Å². The highest BCUT2D eigenvalue weighted by Gasteiger charge is 2.35. The lowest BCUT2D eigenvalue weighted by atomic mass is 9.94. The molecule has 0 bridgehead atoms. The Bertz CT molecular complexity index is 2050. The molecule has 1 aliphatic rings. The number of ether oxygens (including phenoxy) is 2. The van der Waals surface area contributed by atoms with Crippen LogP contribution in [0.1, 0.15) is 35.2 Å². The SMILES string of the molecule is COc1cc(C2C(C(=O)Nc3cccc(C)c3)=C(C)Nc3nc(SCc4ccccc4Cl)nn32)cc(Br)c1OCc1ccc(Cl)cc1Cl. The van der Waals surface area contributed by atoms with Crippen molar-refractivity contribution in [1.29, 1.82) is 0 Å². The summed E-state index contributed by atoms with van der Waals surface area (Å²) in [7, 11) is 1.56.